The van der Waals surface area contributed by atoms with E-state index in [0.29, 0.717) is 11.3 Å². The summed E-state index contributed by atoms with van der Waals surface area (Å²) in [6, 6.07) is 8.57. The maximum absolute atomic E-state index is 12.6. The van der Waals surface area contributed by atoms with Crippen molar-refractivity contribution < 1.29 is 14.0 Å². The van der Waals surface area contributed by atoms with Gasteiger partial charge in [0, 0.05) is 18.7 Å². The van der Waals surface area contributed by atoms with Crippen LogP contribution < -0.4 is 0 Å². The zero-order chi connectivity index (χ0) is 17.0. The minimum absolute atomic E-state index is 0.0738. The van der Waals surface area contributed by atoms with Crippen LogP contribution in [0.4, 0.5) is 0 Å². The van der Waals surface area contributed by atoms with Crippen molar-refractivity contribution in [3.8, 4) is 0 Å². The van der Waals surface area contributed by atoms with Gasteiger partial charge in [0.25, 0.3) is 0 Å². The van der Waals surface area contributed by atoms with Crippen LogP contribution in [0.1, 0.15) is 34.2 Å². The minimum atomic E-state index is -0.536. The minimum Gasteiger partial charge on any atom is -0.465 e. The average Bonchev–Trinajstić information content (AvgIpc) is 3.06. The first-order chi connectivity index (χ1) is 10.9. The van der Waals surface area contributed by atoms with Gasteiger partial charge < -0.3 is 9.32 Å². The molecule has 1 aromatic heterocycles. The van der Waals surface area contributed by atoms with Crippen LogP contribution in [0.5, 0.6) is 0 Å². The Balaban J connectivity index is 2.08. The fourth-order valence-electron chi connectivity index (χ4n) is 2.16. The molecule has 0 bridgehead atoms. The summed E-state index contributed by atoms with van der Waals surface area (Å²) in [6.45, 7) is 5.70. The van der Waals surface area contributed by atoms with Gasteiger partial charge in [-0.25, -0.2) is 0 Å². The molecule has 2 aromatic rings. The fourth-order valence-corrected chi connectivity index (χ4v) is 2.16. The Hall–Kier alpha value is -2.62. The molecule has 0 saturated carbocycles. The van der Waals surface area contributed by atoms with Crippen LogP contribution in [-0.2, 0) is 4.79 Å². The Morgan fingerprint density at radius 3 is 2.52 bits per heavy atom. The van der Waals surface area contributed by atoms with Crippen LogP contribution in [-0.4, -0.2) is 29.7 Å². The first-order valence-corrected chi connectivity index (χ1v) is 7.50. The highest BCUT2D eigenvalue weighted by atomic mass is 16.3. The SMILES string of the molecule is Cc1ccc(C(=O)C(C)N(C)C(=O)/C=C/c2ccco2)cc1C. The number of carbonyl (C=O) groups is 2. The van der Waals surface area contributed by atoms with E-state index >= 15 is 0 Å². The lowest BCUT2D eigenvalue weighted by atomic mass is 10.00. The molecule has 1 atom stereocenters. The number of amides is 1. The third kappa shape index (κ3) is 3.97. The highest BCUT2D eigenvalue weighted by Gasteiger charge is 2.22. The van der Waals surface area contributed by atoms with Crippen molar-refractivity contribution in [3.63, 3.8) is 0 Å². The van der Waals surface area contributed by atoms with E-state index in [-0.39, 0.29) is 11.7 Å². The van der Waals surface area contributed by atoms with Gasteiger partial charge in [-0.15, -0.1) is 0 Å². The van der Waals surface area contributed by atoms with Gasteiger partial charge in [0.05, 0.1) is 12.3 Å². The molecule has 1 aromatic carbocycles. The molecule has 1 amide bonds. The lowest BCUT2D eigenvalue weighted by molar-refractivity contribution is -0.125. The number of carbonyl (C=O) groups excluding carboxylic acids is 2. The molecule has 1 unspecified atom stereocenters. The van der Waals surface area contributed by atoms with Crippen molar-refractivity contribution in [2.75, 3.05) is 7.05 Å². The number of furan rings is 1. The van der Waals surface area contributed by atoms with Gasteiger partial charge in [0.1, 0.15) is 5.76 Å². The Bertz CT molecular complexity index is 729. The normalized spacial score (nSPS) is 12.3. The van der Waals surface area contributed by atoms with Gasteiger partial charge in [0.2, 0.25) is 5.91 Å². The third-order valence-corrected chi connectivity index (χ3v) is 4.03. The molecule has 0 aliphatic carbocycles. The van der Waals surface area contributed by atoms with E-state index < -0.39 is 6.04 Å². The number of nitrogens with zero attached hydrogens (tertiary/aromatic N) is 1. The Kier molecular flexibility index (Phi) is 5.16. The van der Waals surface area contributed by atoms with Crippen molar-refractivity contribution in [2.45, 2.75) is 26.8 Å². The molecule has 0 aliphatic rings. The molecule has 1 heterocycles. The largest absolute Gasteiger partial charge is 0.465 e. The van der Waals surface area contributed by atoms with Gasteiger partial charge in [-0.3, -0.25) is 9.59 Å². The summed E-state index contributed by atoms with van der Waals surface area (Å²) in [6.07, 6.45) is 4.54. The summed E-state index contributed by atoms with van der Waals surface area (Å²) < 4.78 is 5.14. The number of hydrogen-bond acceptors (Lipinski definition) is 3. The van der Waals surface area contributed by atoms with Crippen molar-refractivity contribution in [3.05, 3.63) is 65.1 Å². The Morgan fingerprint density at radius 1 is 1.17 bits per heavy atom. The number of aryl methyl sites for hydroxylation is 2. The average molecular weight is 311 g/mol. The fraction of sp³-hybridized carbons (Fsp3) is 0.263. The van der Waals surface area contributed by atoms with Crippen molar-refractivity contribution in [1.29, 1.82) is 0 Å². The van der Waals surface area contributed by atoms with Crippen molar-refractivity contribution in [2.24, 2.45) is 0 Å². The maximum atomic E-state index is 12.6. The molecule has 120 valence electrons. The number of likely N-dealkylation sites (N-methyl/N-ethyl adjacent to an activating group) is 1. The van der Waals surface area contributed by atoms with Crippen molar-refractivity contribution >= 4 is 17.8 Å². The molecule has 0 saturated heterocycles. The zero-order valence-electron chi connectivity index (χ0n) is 13.9. The van der Waals surface area contributed by atoms with Gasteiger partial charge in [-0.1, -0.05) is 12.1 Å². The Labute approximate surface area is 136 Å². The number of rotatable bonds is 5. The van der Waals surface area contributed by atoms with Gasteiger partial charge in [-0.05, 0) is 56.2 Å². The molecule has 0 fully saturated rings. The summed E-state index contributed by atoms with van der Waals surface area (Å²) in [5, 5.41) is 0. The first-order valence-electron chi connectivity index (χ1n) is 7.50. The number of Topliss-reactive ketones (excluding diaryl/α,β-unsaturated/α-hetero) is 1. The van der Waals surface area contributed by atoms with E-state index in [2.05, 4.69) is 0 Å². The van der Waals surface area contributed by atoms with E-state index in [9.17, 15) is 9.59 Å². The van der Waals surface area contributed by atoms with Gasteiger partial charge in [-0.2, -0.15) is 0 Å². The smallest absolute Gasteiger partial charge is 0.247 e. The summed E-state index contributed by atoms with van der Waals surface area (Å²) in [5.74, 6) is 0.279. The van der Waals surface area contributed by atoms with Crippen molar-refractivity contribution in [1.82, 2.24) is 4.90 Å². The van der Waals surface area contributed by atoms with E-state index in [1.165, 1.54) is 11.0 Å². The lowest BCUT2D eigenvalue weighted by Crippen LogP contribution is -2.39. The predicted molar refractivity (Wildman–Crippen MR) is 90.2 cm³/mol. The summed E-state index contributed by atoms with van der Waals surface area (Å²) in [7, 11) is 1.62. The van der Waals surface area contributed by atoms with Crippen LogP contribution in [0.2, 0.25) is 0 Å². The topological polar surface area (TPSA) is 50.5 Å². The predicted octanol–water partition coefficient (Wildman–Crippen LogP) is 3.64. The molecule has 4 nitrogen and oxygen atoms in total. The van der Waals surface area contributed by atoms with Crippen LogP contribution in [0.15, 0.2) is 47.1 Å². The molecule has 23 heavy (non-hydrogen) atoms. The number of ketones is 1. The monoisotopic (exact) mass is 311 g/mol. The standard InChI is InChI=1S/C19H21NO3/c1-13-7-8-16(12-14(13)2)19(22)15(3)20(4)18(21)10-9-17-6-5-11-23-17/h5-12,15H,1-4H3/b10-9+. The van der Waals surface area contributed by atoms with E-state index in [0.717, 1.165) is 11.1 Å². The highest BCUT2D eigenvalue weighted by molar-refractivity contribution is 6.03. The van der Waals surface area contributed by atoms with Gasteiger partial charge >= 0.3 is 0 Å². The molecular formula is C19H21NO3. The summed E-state index contributed by atoms with van der Waals surface area (Å²) in [4.78, 5) is 26.2. The summed E-state index contributed by atoms with van der Waals surface area (Å²) >= 11 is 0. The second-order valence-corrected chi connectivity index (χ2v) is 5.64. The number of benzene rings is 1. The molecular weight excluding hydrogens is 290 g/mol. The molecule has 0 aliphatic heterocycles. The molecule has 0 radical (unpaired) electrons. The maximum Gasteiger partial charge on any atom is 0.247 e. The molecule has 0 spiro atoms. The second kappa shape index (κ2) is 7.09. The number of hydrogen-bond donors (Lipinski definition) is 0. The van der Waals surface area contributed by atoms with Crippen LogP contribution in [0.3, 0.4) is 0 Å². The lowest BCUT2D eigenvalue weighted by Gasteiger charge is -2.22. The van der Waals surface area contributed by atoms with E-state index in [1.54, 1.807) is 44.5 Å². The van der Waals surface area contributed by atoms with Crippen LogP contribution in [0.25, 0.3) is 6.08 Å². The first kappa shape index (κ1) is 16.7. The van der Waals surface area contributed by atoms with Crippen LogP contribution in [0, 0.1) is 13.8 Å². The van der Waals surface area contributed by atoms with Gasteiger partial charge in [0.15, 0.2) is 5.78 Å². The molecule has 4 heteroatoms. The second-order valence-electron chi connectivity index (χ2n) is 5.64. The van der Waals surface area contributed by atoms with E-state index in [4.69, 9.17) is 4.42 Å². The van der Waals surface area contributed by atoms with Crippen LogP contribution >= 0.6 is 0 Å². The third-order valence-electron chi connectivity index (χ3n) is 4.03. The highest BCUT2D eigenvalue weighted by Crippen LogP contribution is 2.14. The summed E-state index contributed by atoms with van der Waals surface area (Å²) in [5.41, 5.74) is 2.82. The molecule has 2 rings (SSSR count). The van der Waals surface area contributed by atoms with E-state index in [1.807, 2.05) is 26.0 Å². The quantitative estimate of drug-likeness (QED) is 0.626. The zero-order valence-corrected chi connectivity index (χ0v) is 13.9. The Morgan fingerprint density at radius 2 is 1.91 bits per heavy atom. The molecule has 0 N–H and O–H groups in total.